The smallest absolute Gasteiger partial charge is 0.328 e. The zero-order valence-corrected chi connectivity index (χ0v) is 11.0. The molecule has 20 heavy (non-hydrogen) atoms. The van der Waals surface area contributed by atoms with Crippen molar-refractivity contribution < 1.29 is 18.8 Å². The van der Waals surface area contributed by atoms with Gasteiger partial charge in [-0.2, -0.15) is 0 Å². The Labute approximate surface area is 115 Å². The number of benzene rings is 1. The number of non-ortho nitro benzene ring substituents is 1. The number of nitro benzene ring substituents is 1. The molecule has 1 atom stereocenters. The summed E-state index contributed by atoms with van der Waals surface area (Å²) in [5.74, 6) is -1.10. The molecule has 7 heteroatoms. The highest BCUT2D eigenvalue weighted by Gasteiger charge is 2.30. The molecule has 0 spiro atoms. The molecule has 6 nitrogen and oxygen atoms in total. The van der Waals surface area contributed by atoms with Crippen LogP contribution in [0.5, 0.6) is 0 Å². The first-order chi connectivity index (χ1) is 9.52. The van der Waals surface area contributed by atoms with E-state index in [1.54, 1.807) is 4.90 Å². The summed E-state index contributed by atoms with van der Waals surface area (Å²) in [6, 6.07) is 2.83. The van der Waals surface area contributed by atoms with Gasteiger partial charge in [0.2, 0.25) is 0 Å². The monoisotopic (exact) mass is 282 g/mol. The van der Waals surface area contributed by atoms with Gasteiger partial charge in [-0.15, -0.1) is 0 Å². The highest BCUT2D eigenvalue weighted by molar-refractivity contribution is 5.80. The molecule has 1 fully saturated rings. The molecule has 1 aliphatic rings. The van der Waals surface area contributed by atoms with Gasteiger partial charge >= 0.3 is 5.97 Å². The van der Waals surface area contributed by atoms with Gasteiger partial charge in [-0.3, -0.25) is 10.1 Å². The highest BCUT2D eigenvalue weighted by atomic mass is 19.1. The number of piperidine rings is 1. The minimum Gasteiger partial charge on any atom is -0.467 e. The van der Waals surface area contributed by atoms with Crippen LogP contribution in [0.1, 0.15) is 19.3 Å². The van der Waals surface area contributed by atoms with E-state index in [0.717, 1.165) is 18.9 Å². The van der Waals surface area contributed by atoms with Crippen molar-refractivity contribution >= 4 is 17.3 Å². The Morgan fingerprint density at radius 2 is 2.20 bits per heavy atom. The molecule has 0 bridgehead atoms. The quantitative estimate of drug-likeness (QED) is 0.483. The van der Waals surface area contributed by atoms with E-state index in [1.807, 2.05) is 0 Å². The maximum absolute atomic E-state index is 13.5. The molecule has 1 saturated heterocycles. The van der Waals surface area contributed by atoms with Gasteiger partial charge in [-0.25, -0.2) is 9.18 Å². The first-order valence-corrected chi connectivity index (χ1v) is 6.32. The molecular formula is C13H15FN2O4. The third-order valence-corrected chi connectivity index (χ3v) is 3.39. The van der Waals surface area contributed by atoms with Gasteiger partial charge in [0.25, 0.3) is 5.69 Å². The summed E-state index contributed by atoms with van der Waals surface area (Å²) in [5, 5.41) is 10.8. The third kappa shape index (κ3) is 2.87. The third-order valence-electron chi connectivity index (χ3n) is 3.39. The lowest BCUT2D eigenvalue weighted by atomic mass is 10.0. The highest BCUT2D eigenvalue weighted by Crippen LogP contribution is 2.29. The van der Waals surface area contributed by atoms with Gasteiger partial charge in [0, 0.05) is 18.3 Å². The van der Waals surface area contributed by atoms with Crippen molar-refractivity contribution in [3.05, 3.63) is 34.1 Å². The number of hydrogen-bond acceptors (Lipinski definition) is 5. The fourth-order valence-corrected chi connectivity index (χ4v) is 2.45. The zero-order valence-electron chi connectivity index (χ0n) is 11.0. The number of methoxy groups -OCH3 is 1. The van der Waals surface area contributed by atoms with Crippen molar-refractivity contribution in [1.29, 1.82) is 0 Å². The van der Waals surface area contributed by atoms with Crippen LogP contribution in [-0.2, 0) is 9.53 Å². The van der Waals surface area contributed by atoms with Crippen LogP contribution in [0, 0.1) is 15.9 Å². The van der Waals surface area contributed by atoms with Crippen molar-refractivity contribution in [2.45, 2.75) is 25.3 Å². The van der Waals surface area contributed by atoms with Crippen LogP contribution in [0.25, 0.3) is 0 Å². The van der Waals surface area contributed by atoms with Crippen molar-refractivity contribution in [3.8, 4) is 0 Å². The number of rotatable bonds is 3. The van der Waals surface area contributed by atoms with Crippen LogP contribution >= 0.6 is 0 Å². The summed E-state index contributed by atoms with van der Waals surface area (Å²) in [5.41, 5.74) is 0.0148. The van der Waals surface area contributed by atoms with Crippen LogP contribution in [0.15, 0.2) is 18.2 Å². The lowest BCUT2D eigenvalue weighted by molar-refractivity contribution is -0.385. The second-order valence-corrected chi connectivity index (χ2v) is 4.65. The summed E-state index contributed by atoms with van der Waals surface area (Å²) in [6.45, 7) is 0.542. The van der Waals surface area contributed by atoms with Crippen LogP contribution in [0.2, 0.25) is 0 Å². The number of carbonyl (C=O) groups is 1. The second kappa shape index (κ2) is 5.85. The average Bonchev–Trinajstić information content (AvgIpc) is 2.45. The van der Waals surface area contributed by atoms with Gasteiger partial charge in [0.1, 0.15) is 11.9 Å². The Morgan fingerprint density at radius 3 is 2.85 bits per heavy atom. The summed E-state index contributed by atoms with van der Waals surface area (Å²) >= 11 is 0. The first-order valence-electron chi connectivity index (χ1n) is 6.32. The van der Waals surface area contributed by atoms with Gasteiger partial charge in [0.15, 0.2) is 0 Å². The second-order valence-electron chi connectivity index (χ2n) is 4.65. The Morgan fingerprint density at radius 1 is 1.45 bits per heavy atom. The summed E-state index contributed by atoms with van der Waals surface area (Å²) in [6.07, 6.45) is 2.31. The normalized spacial score (nSPS) is 18.7. The maximum Gasteiger partial charge on any atom is 0.328 e. The maximum atomic E-state index is 13.5. The van der Waals surface area contributed by atoms with E-state index >= 15 is 0 Å². The van der Waals surface area contributed by atoms with E-state index in [2.05, 4.69) is 0 Å². The number of hydrogen-bond donors (Lipinski definition) is 0. The fourth-order valence-electron chi connectivity index (χ4n) is 2.45. The largest absolute Gasteiger partial charge is 0.467 e. The SMILES string of the molecule is COC(=O)C1CCCCN1c1cc(F)cc([N+](=O)[O-])c1. The zero-order chi connectivity index (χ0) is 14.7. The molecule has 1 aliphatic heterocycles. The molecule has 0 radical (unpaired) electrons. The van der Waals surface area contributed by atoms with Crippen LogP contribution in [-0.4, -0.2) is 30.6 Å². The number of anilines is 1. The number of nitrogens with zero attached hydrogens (tertiary/aromatic N) is 2. The van der Waals surface area contributed by atoms with Gasteiger partial charge < -0.3 is 9.64 Å². The molecule has 2 rings (SSSR count). The topological polar surface area (TPSA) is 72.7 Å². The molecule has 0 aromatic heterocycles. The molecule has 0 saturated carbocycles. The summed E-state index contributed by atoms with van der Waals surface area (Å²) < 4.78 is 18.2. The predicted molar refractivity (Wildman–Crippen MR) is 70.1 cm³/mol. The van der Waals surface area contributed by atoms with Gasteiger partial charge in [-0.05, 0) is 25.3 Å². The Kier molecular flexibility index (Phi) is 4.16. The average molecular weight is 282 g/mol. The van der Waals surface area contributed by atoms with Crippen molar-refractivity contribution in [2.75, 3.05) is 18.6 Å². The molecule has 0 amide bonds. The van der Waals surface area contributed by atoms with E-state index in [9.17, 15) is 19.3 Å². The molecule has 1 heterocycles. The van der Waals surface area contributed by atoms with Crippen molar-refractivity contribution in [1.82, 2.24) is 0 Å². The Balaban J connectivity index is 2.37. The molecule has 108 valence electrons. The molecule has 1 aromatic rings. The number of esters is 1. The van der Waals surface area contributed by atoms with Crippen LogP contribution < -0.4 is 4.90 Å². The molecular weight excluding hydrogens is 267 g/mol. The lowest BCUT2D eigenvalue weighted by Crippen LogP contribution is -2.45. The molecule has 0 aliphatic carbocycles. The van der Waals surface area contributed by atoms with Crippen LogP contribution in [0.3, 0.4) is 0 Å². The predicted octanol–water partition coefficient (Wildman–Crippen LogP) is 2.27. The van der Waals surface area contributed by atoms with E-state index in [1.165, 1.54) is 19.2 Å². The molecule has 0 N–H and O–H groups in total. The standard InChI is InChI=1S/C13H15FN2O4/c1-20-13(17)12-4-2-3-5-15(12)10-6-9(14)7-11(8-10)16(18)19/h6-8,12H,2-5H2,1H3. The van der Waals surface area contributed by atoms with Gasteiger partial charge in [0.05, 0.1) is 18.1 Å². The molecule has 1 unspecified atom stereocenters. The van der Waals surface area contributed by atoms with Crippen molar-refractivity contribution in [3.63, 3.8) is 0 Å². The number of nitro groups is 1. The lowest BCUT2D eigenvalue weighted by Gasteiger charge is -2.35. The summed E-state index contributed by atoms with van der Waals surface area (Å²) in [7, 11) is 1.29. The van der Waals surface area contributed by atoms with E-state index in [0.29, 0.717) is 18.7 Å². The van der Waals surface area contributed by atoms with E-state index in [-0.39, 0.29) is 5.69 Å². The van der Waals surface area contributed by atoms with Gasteiger partial charge in [-0.1, -0.05) is 0 Å². The van der Waals surface area contributed by atoms with E-state index < -0.39 is 22.8 Å². The van der Waals surface area contributed by atoms with Crippen LogP contribution in [0.4, 0.5) is 15.8 Å². The first kappa shape index (κ1) is 14.2. The number of ether oxygens (including phenoxy) is 1. The number of halogens is 1. The van der Waals surface area contributed by atoms with E-state index in [4.69, 9.17) is 4.74 Å². The van der Waals surface area contributed by atoms with Crippen molar-refractivity contribution in [2.24, 2.45) is 0 Å². The minimum atomic E-state index is -0.691. The Bertz CT molecular complexity index is 535. The summed E-state index contributed by atoms with van der Waals surface area (Å²) in [4.78, 5) is 23.6. The number of carbonyl (C=O) groups excluding carboxylic acids is 1. The molecule has 1 aromatic carbocycles. The minimum absolute atomic E-state index is 0.325. The Hall–Kier alpha value is -2.18. The fraction of sp³-hybridized carbons (Fsp3) is 0.462.